The summed E-state index contributed by atoms with van der Waals surface area (Å²) in [6.45, 7) is 8.01. The van der Waals surface area contributed by atoms with E-state index < -0.39 is 5.97 Å². The van der Waals surface area contributed by atoms with Crippen LogP contribution in [-0.2, 0) is 16.1 Å². The zero-order valence-electron chi connectivity index (χ0n) is 25.3. The molecule has 0 aliphatic heterocycles. The molecular weight excluding hydrogens is 634 g/mol. The molecule has 0 saturated carbocycles. The van der Waals surface area contributed by atoms with Crippen LogP contribution in [0.1, 0.15) is 65.5 Å². The number of thioether (sulfide) groups is 1. The van der Waals surface area contributed by atoms with Crippen molar-refractivity contribution in [1.29, 1.82) is 0 Å². The lowest BCUT2D eigenvalue weighted by Gasteiger charge is -2.14. The molecule has 0 aliphatic rings. The minimum atomic E-state index is -0.444. The zero-order chi connectivity index (χ0) is 31.4. The van der Waals surface area contributed by atoms with Crippen molar-refractivity contribution in [3.8, 4) is 0 Å². The lowest BCUT2D eigenvalue weighted by Crippen LogP contribution is -2.11. The molecule has 5 aromatic rings. The first-order chi connectivity index (χ1) is 21.2. The summed E-state index contributed by atoms with van der Waals surface area (Å²) in [5.74, 6) is 0.416. The number of esters is 1. The number of ketones is 2. The Morgan fingerprint density at radius 1 is 0.841 bits per heavy atom. The molecule has 1 heterocycles. The van der Waals surface area contributed by atoms with Crippen molar-refractivity contribution in [3.05, 3.63) is 123 Å². The van der Waals surface area contributed by atoms with Gasteiger partial charge in [-0.2, -0.15) is 0 Å². The largest absolute Gasteiger partial charge is 0.431 e. The summed E-state index contributed by atoms with van der Waals surface area (Å²) in [5.41, 5.74) is 5.23. The third-order valence-electron chi connectivity index (χ3n) is 7.73. The van der Waals surface area contributed by atoms with E-state index in [1.807, 2.05) is 98.8 Å². The first-order valence-electron chi connectivity index (χ1n) is 14.7. The predicted octanol–water partition coefficient (Wildman–Crippen LogP) is 9.71. The summed E-state index contributed by atoms with van der Waals surface area (Å²) >= 11 is 5.12. The number of carbonyl (C=O) groups excluding carboxylic acids is 3. The monoisotopic (exact) mass is 667 g/mol. The van der Waals surface area contributed by atoms with E-state index in [1.54, 1.807) is 11.8 Å². The maximum atomic E-state index is 14.1. The topological polar surface area (TPSA) is 65.4 Å². The number of halogens is 1. The second kappa shape index (κ2) is 13.8. The molecule has 0 N–H and O–H groups in total. The van der Waals surface area contributed by atoms with Crippen molar-refractivity contribution in [3.63, 3.8) is 0 Å². The molecule has 44 heavy (non-hydrogen) atoms. The van der Waals surface area contributed by atoms with E-state index in [0.29, 0.717) is 46.6 Å². The van der Waals surface area contributed by atoms with Crippen LogP contribution in [0.15, 0.2) is 106 Å². The first kappa shape index (κ1) is 31.5. The van der Waals surface area contributed by atoms with E-state index in [2.05, 4.69) is 27.4 Å². The van der Waals surface area contributed by atoms with Gasteiger partial charge in [-0.1, -0.05) is 47.1 Å². The van der Waals surface area contributed by atoms with Crippen molar-refractivity contribution < 1.29 is 19.1 Å². The third kappa shape index (κ3) is 6.59. The number of nitrogens with zero attached hydrogens (tertiary/aromatic N) is 1. The molecular formula is C37H34BrNO4S. The first-order valence-corrected chi connectivity index (χ1v) is 16.5. The Kier molecular flexibility index (Phi) is 9.87. The summed E-state index contributed by atoms with van der Waals surface area (Å²) in [5, 5.41) is 1.82. The van der Waals surface area contributed by atoms with Crippen LogP contribution in [0.25, 0.3) is 21.8 Å². The van der Waals surface area contributed by atoms with Crippen LogP contribution >= 0.6 is 27.7 Å². The summed E-state index contributed by atoms with van der Waals surface area (Å²) < 4.78 is 8.76. The average molecular weight is 669 g/mol. The number of carbonyl (C=O) groups is 3. The van der Waals surface area contributed by atoms with E-state index in [9.17, 15) is 14.4 Å². The molecule has 0 radical (unpaired) electrons. The van der Waals surface area contributed by atoms with E-state index in [-0.39, 0.29) is 11.6 Å². The highest BCUT2D eigenvalue weighted by atomic mass is 79.9. The van der Waals surface area contributed by atoms with Crippen LogP contribution in [0.2, 0.25) is 0 Å². The number of aryl methyl sites for hydroxylation is 2. The van der Waals surface area contributed by atoms with Gasteiger partial charge in [0.05, 0.1) is 0 Å². The number of rotatable bonds is 11. The van der Waals surface area contributed by atoms with Crippen molar-refractivity contribution in [2.75, 3.05) is 5.75 Å². The van der Waals surface area contributed by atoms with Crippen molar-refractivity contribution in [1.82, 2.24) is 4.57 Å². The molecule has 7 heteroatoms. The molecule has 0 amide bonds. The molecule has 0 unspecified atom stereocenters. The van der Waals surface area contributed by atoms with Crippen LogP contribution in [-0.4, -0.2) is 27.9 Å². The summed E-state index contributed by atoms with van der Waals surface area (Å²) in [6, 6.07) is 27.2. The molecule has 224 valence electrons. The molecule has 0 atom stereocenters. The molecule has 5 nitrogen and oxygen atoms in total. The molecule has 0 fully saturated rings. The number of hydrogen-bond donors (Lipinski definition) is 0. The van der Waals surface area contributed by atoms with E-state index in [1.165, 1.54) is 6.92 Å². The minimum Gasteiger partial charge on any atom is -0.431 e. The molecule has 0 spiro atoms. The highest BCUT2D eigenvalue weighted by molar-refractivity contribution is 9.10. The van der Waals surface area contributed by atoms with Gasteiger partial charge in [0.25, 0.3) is 0 Å². The van der Waals surface area contributed by atoms with Crippen molar-refractivity contribution >= 4 is 67.0 Å². The van der Waals surface area contributed by atoms with Gasteiger partial charge in [-0.3, -0.25) is 14.4 Å². The third-order valence-corrected chi connectivity index (χ3v) is 9.27. The maximum Gasteiger partial charge on any atom is 0.307 e. The number of aromatic nitrogens is 1. The molecule has 4 aromatic carbocycles. The minimum absolute atomic E-state index is 0.0305. The van der Waals surface area contributed by atoms with E-state index in [0.717, 1.165) is 43.3 Å². The number of Topliss-reactive ketones (excluding diaryl/α,β-unsaturated/α-hetero) is 1. The number of benzene rings is 4. The van der Waals surface area contributed by atoms with Gasteiger partial charge < -0.3 is 9.30 Å². The fraction of sp³-hybridized carbons (Fsp3) is 0.216. The number of allylic oxidation sites excluding steroid dienone is 2. The maximum absolute atomic E-state index is 14.1. The summed E-state index contributed by atoms with van der Waals surface area (Å²) in [7, 11) is 0. The van der Waals surface area contributed by atoms with Gasteiger partial charge in [-0.05, 0) is 86.5 Å². The lowest BCUT2D eigenvalue weighted by atomic mass is 9.96. The SMILES string of the molecule is CCC(OC(C)=O)=C(CCSc1ccc(Br)cc1)C(=O)c1ccc2c(c1)c1cc(C(=O)c3ccccc3C)ccc1n2CC. The van der Waals surface area contributed by atoms with Gasteiger partial charge in [0.1, 0.15) is 5.76 Å². The Labute approximate surface area is 270 Å². The standard InChI is InChI=1S/C37H34BrNO4S/c1-5-35(43-24(4)40)30(19-20-44-28-15-13-27(38)14-16-28)37(42)26-12-18-34-32(22-26)31-21-25(11-17-33(31)39(34)6-2)36(41)29-10-8-7-9-23(29)3/h7-18,21-22H,5-6,19-20H2,1-4H3. The number of hydrogen-bond acceptors (Lipinski definition) is 5. The average Bonchev–Trinajstić information content (AvgIpc) is 3.34. The number of ether oxygens (including phenoxy) is 1. The molecule has 0 saturated heterocycles. The summed E-state index contributed by atoms with van der Waals surface area (Å²) in [4.78, 5) is 40.7. The van der Waals surface area contributed by atoms with Crippen LogP contribution < -0.4 is 0 Å². The predicted molar refractivity (Wildman–Crippen MR) is 183 cm³/mol. The second-order valence-electron chi connectivity index (χ2n) is 10.6. The van der Waals surface area contributed by atoms with Gasteiger partial charge in [0.15, 0.2) is 11.6 Å². The normalized spacial score (nSPS) is 11.9. The summed E-state index contributed by atoms with van der Waals surface area (Å²) in [6.07, 6.45) is 0.866. The van der Waals surface area contributed by atoms with Gasteiger partial charge in [0, 0.05) is 79.1 Å². The quantitative estimate of drug-likeness (QED) is 0.0461. The molecule has 1 aromatic heterocycles. The van der Waals surface area contributed by atoms with Crippen LogP contribution in [0.5, 0.6) is 0 Å². The Morgan fingerprint density at radius 2 is 1.48 bits per heavy atom. The van der Waals surface area contributed by atoms with Crippen LogP contribution in [0, 0.1) is 6.92 Å². The van der Waals surface area contributed by atoms with Gasteiger partial charge in [-0.25, -0.2) is 0 Å². The van der Waals surface area contributed by atoms with Crippen LogP contribution in [0.3, 0.4) is 0 Å². The fourth-order valence-corrected chi connectivity index (χ4v) is 6.72. The Hall–Kier alpha value is -3.94. The number of fused-ring (bicyclic) bond motifs is 3. The second-order valence-corrected chi connectivity index (χ2v) is 12.7. The molecule has 0 bridgehead atoms. The lowest BCUT2D eigenvalue weighted by molar-refractivity contribution is -0.137. The Bertz CT molecular complexity index is 1920. The highest BCUT2D eigenvalue weighted by Crippen LogP contribution is 2.33. The smallest absolute Gasteiger partial charge is 0.307 e. The van der Waals surface area contributed by atoms with Gasteiger partial charge >= 0.3 is 5.97 Å². The van der Waals surface area contributed by atoms with E-state index >= 15 is 0 Å². The fourth-order valence-electron chi connectivity index (χ4n) is 5.59. The van der Waals surface area contributed by atoms with Gasteiger partial charge in [0.2, 0.25) is 0 Å². The Balaban J connectivity index is 1.55. The van der Waals surface area contributed by atoms with Crippen molar-refractivity contribution in [2.24, 2.45) is 0 Å². The Morgan fingerprint density at radius 3 is 2.09 bits per heavy atom. The van der Waals surface area contributed by atoms with Gasteiger partial charge in [-0.15, -0.1) is 11.8 Å². The molecule has 5 rings (SSSR count). The van der Waals surface area contributed by atoms with Crippen LogP contribution in [0.4, 0.5) is 0 Å². The van der Waals surface area contributed by atoms with Crippen molar-refractivity contribution in [2.45, 2.75) is 52.0 Å². The highest BCUT2D eigenvalue weighted by Gasteiger charge is 2.22. The zero-order valence-corrected chi connectivity index (χ0v) is 27.7. The molecule has 0 aliphatic carbocycles. The van der Waals surface area contributed by atoms with E-state index in [4.69, 9.17) is 4.74 Å².